The van der Waals surface area contributed by atoms with Gasteiger partial charge in [0, 0.05) is 7.05 Å². The van der Waals surface area contributed by atoms with Crippen LogP contribution in [0.2, 0.25) is 0 Å². The van der Waals surface area contributed by atoms with E-state index in [0.29, 0.717) is 11.5 Å². The molecule has 1 saturated carbocycles. The maximum absolute atomic E-state index is 11.5. The molecule has 1 aliphatic carbocycles. The Morgan fingerprint density at radius 2 is 2.05 bits per heavy atom. The lowest BCUT2D eigenvalue weighted by molar-refractivity contribution is 0.0849. The Kier molecular flexibility index (Phi) is 3.19. The highest BCUT2D eigenvalue weighted by molar-refractivity contribution is 5.73. The molecule has 0 bridgehead atoms. The van der Waals surface area contributed by atoms with Crippen molar-refractivity contribution in [2.24, 2.45) is 13.0 Å². The number of aliphatic hydroxyl groups is 1. The number of aryl methyl sites for hydroxylation is 1. The highest BCUT2D eigenvalue weighted by Crippen LogP contribution is 2.35. The molecule has 2 aromatic rings. The summed E-state index contributed by atoms with van der Waals surface area (Å²) in [5, 5.41) is 10.5. The largest absolute Gasteiger partial charge is 0.419 e. The molecule has 0 saturated heterocycles. The first-order valence-electron chi connectivity index (χ1n) is 6.94. The molecule has 0 amide bonds. The van der Waals surface area contributed by atoms with Crippen molar-refractivity contribution in [3.63, 3.8) is 0 Å². The molecule has 1 aromatic heterocycles. The zero-order valence-corrected chi connectivity index (χ0v) is 11.1. The van der Waals surface area contributed by atoms with E-state index in [-0.39, 0.29) is 5.76 Å². The van der Waals surface area contributed by atoms with Gasteiger partial charge in [-0.1, -0.05) is 25.3 Å². The average molecular weight is 261 g/mol. The highest BCUT2D eigenvalue weighted by Gasteiger charge is 2.23. The van der Waals surface area contributed by atoms with Crippen LogP contribution in [-0.4, -0.2) is 9.67 Å². The summed E-state index contributed by atoms with van der Waals surface area (Å²) in [7, 11) is 1.69. The maximum atomic E-state index is 11.5. The van der Waals surface area contributed by atoms with Crippen molar-refractivity contribution in [2.45, 2.75) is 38.2 Å². The molecule has 1 atom stereocenters. The predicted octanol–water partition coefficient (Wildman–Crippen LogP) is 2.75. The van der Waals surface area contributed by atoms with E-state index in [4.69, 9.17) is 4.42 Å². The molecule has 1 heterocycles. The third-order valence-corrected chi connectivity index (χ3v) is 4.25. The monoisotopic (exact) mass is 261 g/mol. The van der Waals surface area contributed by atoms with Crippen LogP contribution >= 0.6 is 0 Å². The van der Waals surface area contributed by atoms with Crippen molar-refractivity contribution in [1.29, 1.82) is 0 Å². The van der Waals surface area contributed by atoms with Crippen molar-refractivity contribution < 1.29 is 9.52 Å². The lowest BCUT2D eigenvalue weighted by atomic mass is 9.83. The molecule has 1 aromatic carbocycles. The second-order valence-electron chi connectivity index (χ2n) is 5.50. The minimum atomic E-state index is -0.449. The van der Waals surface area contributed by atoms with Crippen LogP contribution in [-0.2, 0) is 7.05 Å². The topological polar surface area (TPSA) is 55.4 Å². The van der Waals surface area contributed by atoms with Crippen LogP contribution in [0.5, 0.6) is 0 Å². The van der Waals surface area contributed by atoms with Gasteiger partial charge in [-0.2, -0.15) is 0 Å². The SMILES string of the molecule is Cn1c(=O)oc2cc(C(O)C3CCCCC3)ccc21. The fourth-order valence-electron chi connectivity index (χ4n) is 3.06. The smallest absolute Gasteiger partial charge is 0.408 e. The van der Waals surface area contributed by atoms with Gasteiger partial charge in [-0.25, -0.2) is 4.79 Å². The third-order valence-electron chi connectivity index (χ3n) is 4.25. The van der Waals surface area contributed by atoms with Gasteiger partial charge >= 0.3 is 5.76 Å². The van der Waals surface area contributed by atoms with Crippen LogP contribution in [0.4, 0.5) is 0 Å². The Labute approximate surface area is 111 Å². The van der Waals surface area contributed by atoms with Crippen LogP contribution in [0.3, 0.4) is 0 Å². The molecule has 102 valence electrons. The average Bonchev–Trinajstić information content (AvgIpc) is 2.74. The van der Waals surface area contributed by atoms with E-state index >= 15 is 0 Å². The molecule has 1 fully saturated rings. The van der Waals surface area contributed by atoms with E-state index in [1.165, 1.54) is 23.8 Å². The van der Waals surface area contributed by atoms with Crippen LogP contribution in [0.1, 0.15) is 43.8 Å². The summed E-state index contributed by atoms with van der Waals surface area (Å²) in [4.78, 5) is 11.5. The third kappa shape index (κ3) is 2.21. The number of aliphatic hydroxyl groups excluding tert-OH is 1. The quantitative estimate of drug-likeness (QED) is 0.904. The summed E-state index contributed by atoms with van der Waals surface area (Å²) in [6.45, 7) is 0. The molecule has 4 nitrogen and oxygen atoms in total. The lowest BCUT2D eigenvalue weighted by Crippen LogP contribution is -2.15. The van der Waals surface area contributed by atoms with Crippen LogP contribution in [0.25, 0.3) is 11.1 Å². The summed E-state index contributed by atoms with van der Waals surface area (Å²) in [6, 6.07) is 5.55. The molecule has 0 aliphatic heterocycles. The van der Waals surface area contributed by atoms with E-state index in [0.717, 1.165) is 23.9 Å². The normalized spacial score (nSPS) is 18.8. The lowest BCUT2D eigenvalue weighted by Gasteiger charge is -2.26. The number of oxazole rings is 1. The second kappa shape index (κ2) is 4.85. The van der Waals surface area contributed by atoms with Crippen molar-refractivity contribution >= 4 is 11.1 Å². The maximum Gasteiger partial charge on any atom is 0.419 e. The van der Waals surface area contributed by atoms with Gasteiger partial charge in [0.15, 0.2) is 5.58 Å². The van der Waals surface area contributed by atoms with Crippen molar-refractivity contribution in [2.75, 3.05) is 0 Å². The standard InChI is InChI=1S/C15H19NO3/c1-16-12-8-7-11(9-13(12)19-15(16)18)14(17)10-5-3-2-4-6-10/h7-10,14,17H,2-6H2,1H3. The van der Waals surface area contributed by atoms with E-state index in [1.807, 2.05) is 12.1 Å². The highest BCUT2D eigenvalue weighted by atomic mass is 16.4. The molecule has 1 N–H and O–H groups in total. The molecule has 1 aliphatic rings. The van der Waals surface area contributed by atoms with Crippen molar-refractivity contribution in [1.82, 2.24) is 4.57 Å². The molecule has 4 heteroatoms. The second-order valence-corrected chi connectivity index (χ2v) is 5.50. The summed E-state index contributed by atoms with van der Waals surface area (Å²) in [6.07, 6.45) is 5.38. The van der Waals surface area contributed by atoms with Gasteiger partial charge in [-0.15, -0.1) is 0 Å². The van der Waals surface area contributed by atoms with E-state index in [2.05, 4.69) is 0 Å². The van der Waals surface area contributed by atoms with E-state index in [1.54, 1.807) is 13.1 Å². The fourth-order valence-corrected chi connectivity index (χ4v) is 3.06. The first kappa shape index (κ1) is 12.5. The van der Waals surface area contributed by atoms with Gasteiger partial charge < -0.3 is 9.52 Å². The zero-order chi connectivity index (χ0) is 13.4. The summed E-state index contributed by atoms with van der Waals surface area (Å²) in [5.74, 6) is -0.0269. The van der Waals surface area contributed by atoms with Gasteiger partial charge in [-0.3, -0.25) is 4.57 Å². The number of aromatic nitrogens is 1. The Morgan fingerprint density at radius 1 is 1.32 bits per heavy atom. The fraction of sp³-hybridized carbons (Fsp3) is 0.533. The van der Waals surface area contributed by atoms with Crippen LogP contribution in [0, 0.1) is 5.92 Å². The van der Waals surface area contributed by atoms with Gasteiger partial charge in [0.2, 0.25) is 0 Å². The van der Waals surface area contributed by atoms with E-state index in [9.17, 15) is 9.90 Å². The Morgan fingerprint density at radius 3 is 2.79 bits per heavy atom. The summed E-state index contributed by atoms with van der Waals surface area (Å²) in [5.41, 5.74) is 2.18. The van der Waals surface area contributed by atoms with Crippen LogP contribution < -0.4 is 5.76 Å². The minimum Gasteiger partial charge on any atom is -0.408 e. The van der Waals surface area contributed by atoms with Gasteiger partial charge in [0.1, 0.15) is 0 Å². The molecule has 0 radical (unpaired) electrons. The molecular formula is C15H19NO3. The first-order chi connectivity index (χ1) is 9.16. The van der Waals surface area contributed by atoms with Gasteiger partial charge in [0.05, 0.1) is 11.6 Å². The number of benzene rings is 1. The number of hydrogen-bond acceptors (Lipinski definition) is 3. The summed E-state index contributed by atoms with van der Waals surface area (Å²) >= 11 is 0. The van der Waals surface area contributed by atoms with Crippen molar-refractivity contribution in [3.8, 4) is 0 Å². The van der Waals surface area contributed by atoms with Crippen molar-refractivity contribution in [3.05, 3.63) is 34.3 Å². The predicted molar refractivity (Wildman–Crippen MR) is 73.0 cm³/mol. The first-order valence-corrected chi connectivity index (χ1v) is 6.94. The molecule has 0 spiro atoms. The Balaban J connectivity index is 1.94. The Hall–Kier alpha value is -1.55. The van der Waals surface area contributed by atoms with Gasteiger partial charge in [0.25, 0.3) is 0 Å². The number of nitrogens with zero attached hydrogens (tertiary/aromatic N) is 1. The Bertz CT molecular complexity index is 634. The minimum absolute atomic E-state index is 0.335. The summed E-state index contributed by atoms with van der Waals surface area (Å²) < 4.78 is 6.65. The number of fused-ring (bicyclic) bond motifs is 1. The van der Waals surface area contributed by atoms with E-state index < -0.39 is 6.10 Å². The molecule has 1 unspecified atom stereocenters. The zero-order valence-electron chi connectivity index (χ0n) is 11.1. The van der Waals surface area contributed by atoms with Gasteiger partial charge in [-0.05, 0) is 36.5 Å². The molecular weight excluding hydrogens is 242 g/mol. The van der Waals surface area contributed by atoms with Crippen LogP contribution in [0.15, 0.2) is 27.4 Å². The number of hydrogen-bond donors (Lipinski definition) is 1. The molecule has 3 rings (SSSR count). The number of rotatable bonds is 2. The molecule has 19 heavy (non-hydrogen) atoms.